The van der Waals surface area contributed by atoms with Gasteiger partial charge in [-0.05, 0) is 43.0 Å². The Bertz CT molecular complexity index is 968. The Morgan fingerprint density at radius 2 is 1.73 bits per heavy atom. The van der Waals surface area contributed by atoms with E-state index >= 15 is 0 Å². The van der Waals surface area contributed by atoms with Crippen LogP contribution in [0.5, 0.6) is 5.75 Å². The summed E-state index contributed by atoms with van der Waals surface area (Å²) in [4.78, 5) is 36.6. The first-order valence-corrected chi connectivity index (χ1v) is 11.0. The van der Waals surface area contributed by atoms with Crippen LogP contribution in [-0.2, 0) is 16.0 Å². The molecule has 0 aliphatic heterocycles. The highest BCUT2D eigenvalue weighted by atomic mass is 35.5. The van der Waals surface area contributed by atoms with Crippen molar-refractivity contribution in [3.05, 3.63) is 64.7 Å². The molecule has 0 aliphatic rings. The normalized spacial score (nSPS) is 13.6. The second-order valence-electron chi connectivity index (χ2n) is 8.16. The van der Waals surface area contributed by atoms with Crippen molar-refractivity contribution >= 4 is 29.4 Å². The Labute approximate surface area is 198 Å². The van der Waals surface area contributed by atoms with Gasteiger partial charge < -0.3 is 26.2 Å². The zero-order valence-corrected chi connectivity index (χ0v) is 19.6. The van der Waals surface area contributed by atoms with Crippen molar-refractivity contribution in [2.45, 2.75) is 45.3 Å². The van der Waals surface area contributed by atoms with E-state index in [9.17, 15) is 14.4 Å². The number of hydrogen-bond donors (Lipinski definition) is 4. The molecular formula is C24H30ClN3O5. The third-order valence-corrected chi connectivity index (χ3v) is 5.18. The monoisotopic (exact) mass is 475 g/mol. The molecule has 3 atom stereocenters. The van der Waals surface area contributed by atoms with Gasteiger partial charge in [0.2, 0.25) is 5.91 Å². The van der Waals surface area contributed by atoms with Gasteiger partial charge in [-0.25, -0.2) is 0 Å². The second-order valence-corrected chi connectivity index (χ2v) is 8.60. The third kappa shape index (κ3) is 8.07. The van der Waals surface area contributed by atoms with Crippen LogP contribution in [-0.4, -0.2) is 47.6 Å². The van der Waals surface area contributed by atoms with Crippen LogP contribution in [0.1, 0.15) is 36.7 Å². The number of nitrogens with two attached hydrogens (primary N) is 1. The van der Waals surface area contributed by atoms with Gasteiger partial charge in [0.25, 0.3) is 5.91 Å². The summed E-state index contributed by atoms with van der Waals surface area (Å²) in [7, 11) is 0. The molecule has 0 aromatic heterocycles. The van der Waals surface area contributed by atoms with Gasteiger partial charge in [-0.2, -0.15) is 0 Å². The van der Waals surface area contributed by atoms with Crippen molar-refractivity contribution in [3.63, 3.8) is 0 Å². The number of carboxylic acid groups (broad SMARTS) is 1. The van der Waals surface area contributed by atoms with Gasteiger partial charge in [0.1, 0.15) is 24.4 Å². The average molecular weight is 476 g/mol. The van der Waals surface area contributed by atoms with Crippen molar-refractivity contribution < 1.29 is 24.2 Å². The first kappa shape index (κ1) is 26.2. The van der Waals surface area contributed by atoms with Crippen LogP contribution in [0.2, 0.25) is 5.02 Å². The highest BCUT2D eigenvalue weighted by molar-refractivity contribution is 6.30. The SMILES string of the molecule is CC(C)[C@H](NC(=O)c1ccc(Cl)cc1OC[C@H](N)Cc1ccccc1)C(=O)N[C@@H](C)C(=O)O. The van der Waals surface area contributed by atoms with E-state index in [-0.39, 0.29) is 29.9 Å². The number of aliphatic carboxylic acids is 1. The fraction of sp³-hybridized carbons (Fsp3) is 0.375. The lowest BCUT2D eigenvalue weighted by atomic mass is 10.0. The number of carbonyl (C=O) groups excluding carboxylic acids is 2. The third-order valence-electron chi connectivity index (χ3n) is 4.95. The van der Waals surface area contributed by atoms with Crippen molar-refractivity contribution in [2.24, 2.45) is 11.7 Å². The van der Waals surface area contributed by atoms with Crippen molar-refractivity contribution in [1.29, 1.82) is 0 Å². The van der Waals surface area contributed by atoms with Gasteiger partial charge in [0.15, 0.2) is 0 Å². The van der Waals surface area contributed by atoms with Gasteiger partial charge >= 0.3 is 5.97 Å². The van der Waals surface area contributed by atoms with Crippen LogP contribution in [0.25, 0.3) is 0 Å². The number of benzene rings is 2. The summed E-state index contributed by atoms with van der Waals surface area (Å²) in [5.41, 5.74) is 7.45. The van der Waals surface area contributed by atoms with E-state index < -0.39 is 29.9 Å². The number of amides is 2. The van der Waals surface area contributed by atoms with E-state index in [4.69, 9.17) is 27.2 Å². The molecule has 0 saturated carbocycles. The standard InChI is InChI=1S/C24H30ClN3O5/c1-14(2)21(23(30)27-15(3)24(31)32)28-22(29)19-10-9-17(25)12-20(19)33-13-18(26)11-16-7-5-4-6-8-16/h4-10,12,14-15,18,21H,11,13,26H2,1-3H3,(H,27,30)(H,28,29)(H,31,32)/t15-,18+,21-/m0/s1. The highest BCUT2D eigenvalue weighted by Crippen LogP contribution is 2.24. The minimum absolute atomic E-state index is 0.153. The molecule has 0 bridgehead atoms. The topological polar surface area (TPSA) is 131 Å². The molecule has 33 heavy (non-hydrogen) atoms. The second kappa shape index (κ2) is 12.2. The number of rotatable bonds is 11. The summed E-state index contributed by atoms with van der Waals surface area (Å²) < 4.78 is 5.82. The maximum absolute atomic E-state index is 13.0. The summed E-state index contributed by atoms with van der Waals surface area (Å²) in [5.74, 6) is -2.35. The highest BCUT2D eigenvalue weighted by Gasteiger charge is 2.28. The van der Waals surface area contributed by atoms with Crippen LogP contribution in [0.4, 0.5) is 0 Å². The predicted octanol–water partition coefficient (Wildman–Crippen LogP) is 2.63. The molecule has 0 fully saturated rings. The van der Waals surface area contributed by atoms with Crippen LogP contribution in [0.15, 0.2) is 48.5 Å². The number of ether oxygens (including phenoxy) is 1. The Morgan fingerprint density at radius 1 is 1.06 bits per heavy atom. The summed E-state index contributed by atoms with van der Waals surface area (Å²) in [6.07, 6.45) is 0.598. The molecular weight excluding hydrogens is 446 g/mol. The lowest BCUT2D eigenvalue weighted by molar-refractivity contribution is -0.141. The molecule has 2 aromatic rings. The molecule has 0 unspecified atom stereocenters. The maximum atomic E-state index is 13.0. The van der Waals surface area contributed by atoms with Crippen LogP contribution in [0.3, 0.4) is 0 Å². The lowest BCUT2D eigenvalue weighted by Crippen LogP contribution is -2.53. The molecule has 0 heterocycles. The van der Waals surface area contributed by atoms with Crippen LogP contribution < -0.4 is 21.1 Å². The number of carboxylic acids is 1. The van der Waals surface area contributed by atoms with E-state index in [1.54, 1.807) is 19.9 Å². The fourth-order valence-electron chi connectivity index (χ4n) is 3.09. The van der Waals surface area contributed by atoms with Crippen molar-refractivity contribution in [3.8, 4) is 5.75 Å². The maximum Gasteiger partial charge on any atom is 0.325 e. The number of hydrogen-bond acceptors (Lipinski definition) is 5. The average Bonchev–Trinajstić information content (AvgIpc) is 2.76. The molecule has 0 aliphatic carbocycles. The van der Waals surface area contributed by atoms with Crippen LogP contribution >= 0.6 is 11.6 Å². The van der Waals surface area contributed by atoms with Crippen molar-refractivity contribution in [1.82, 2.24) is 10.6 Å². The largest absolute Gasteiger partial charge is 0.491 e. The van der Waals surface area contributed by atoms with Crippen LogP contribution in [0, 0.1) is 5.92 Å². The quantitative estimate of drug-likeness (QED) is 0.395. The van der Waals surface area contributed by atoms with E-state index in [0.717, 1.165) is 5.56 Å². The zero-order chi connectivity index (χ0) is 24.5. The minimum Gasteiger partial charge on any atom is -0.491 e. The molecule has 2 amide bonds. The number of halogens is 1. The Morgan fingerprint density at radius 3 is 2.33 bits per heavy atom. The Balaban J connectivity index is 2.11. The summed E-state index contributed by atoms with van der Waals surface area (Å²) in [5, 5.41) is 14.5. The molecule has 5 N–H and O–H groups in total. The van der Waals surface area contributed by atoms with Gasteiger partial charge in [0.05, 0.1) is 5.56 Å². The number of carbonyl (C=O) groups is 3. The van der Waals surface area contributed by atoms with Gasteiger partial charge in [-0.1, -0.05) is 55.8 Å². The molecule has 0 saturated heterocycles. The number of nitrogens with one attached hydrogen (secondary N) is 2. The fourth-order valence-corrected chi connectivity index (χ4v) is 3.26. The molecule has 0 spiro atoms. The van der Waals surface area contributed by atoms with Gasteiger partial charge in [-0.15, -0.1) is 0 Å². The Kier molecular flexibility index (Phi) is 9.69. The summed E-state index contributed by atoms with van der Waals surface area (Å²) in [6.45, 7) is 5.00. The Hall–Kier alpha value is -3.10. The minimum atomic E-state index is -1.17. The summed E-state index contributed by atoms with van der Waals surface area (Å²) >= 11 is 6.10. The van der Waals surface area contributed by atoms with E-state index in [1.807, 2.05) is 30.3 Å². The first-order valence-electron chi connectivity index (χ1n) is 10.6. The molecule has 2 aromatic carbocycles. The molecule has 9 heteroatoms. The predicted molar refractivity (Wildman–Crippen MR) is 126 cm³/mol. The van der Waals surface area contributed by atoms with E-state index in [2.05, 4.69) is 10.6 Å². The van der Waals surface area contributed by atoms with Crippen molar-refractivity contribution in [2.75, 3.05) is 6.61 Å². The van der Waals surface area contributed by atoms with Gasteiger partial charge in [-0.3, -0.25) is 14.4 Å². The molecule has 178 valence electrons. The van der Waals surface area contributed by atoms with Gasteiger partial charge in [0, 0.05) is 11.1 Å². The van der Waals surface area contributed by atoms with E-state index in [0.29, 0.717) is 11.4 Å². The summed E-state index contributed by atoms with van der Waals surface area (Å²) in [6, 6.07) is 12.0. The smallest absolute Gasteiger partial charge is 0.325 e. The molecule has 0 radical (unpaired) electrons. The first-order chi connectivity index (χ1) is 15.6. The lowest BCUT2D eigenvalue weighted by Gasteiger charge is -2.23. The molecule has 2 rings (SSSR count). The molecule has 8 nitrogen and oxygen atoms in total. The zero-order valence-electron chi connectivity index (χ0n) is 18.9. The van der Waals surface area contributed by atoms with E-state index in [1.165, 1.54) is 19.1 Å².